The van der Waals surface area contributed by atoms with Crippen LogP contribution in [-0.4, -0.2) is 39.8 Å². The predicted molar refractivity (Wildman–Crippen MR) is 75.1 cm³/mol. The fourth-order valence-electron chi connectivity index (χ4n) is 2.58. The molecule has 0 spiro atoms. The van der Waals surface area contributed by atoms with Gasteiger partial charge in [0.15, 0.2) is 0 Å². The Bertz CT molecular complexity index is 456. The molecule has 0 aliphatic carbocycles. The van der Waals surface area contributed by atoms with Gasteiger partial charge in [-0.3, -0.25) is 4.98 Å². The quantitative estimate of drug-likeness (QED) is 0.902. The molecule has 2 rings (SSSR count). The number of nitrogens with zero attached hydrogens (tertiary/aromatic N) is 2. The molecule has 0 unspecified atom stereocenters. The van der Waals surface area contributed by atoms with E-state index in [0.717, 1.165) is 12.0 Å². The van der Waals surface area contributed by atoms with Gasteiger partial charge in [0.25, 0.3) is 0 Å². The van der Waals surface area contributed by atoms with E-state index in [4.69, 9.17) is 4.74 Å². The molecule has 5 nitrogen and oxygen atoms in total. The van der Waals surface area contributed by atoms with E-state index < -0.39 is 5.60 Å². The largest absolute Gasteiger partial charge is 0.444 e. The highest BCUT2D eigenvalue weighted by molar-refractivity contribution is 5.69. The third kappa shape index (κ3) is 3.28. The van der Waals surface area contributed by atoms with Crippen LogP contribution in [0.15, 0.2) is 24.5 Å². The van der Waals surface area contributed by atoms with Crippen molar-refractivity contribution in [1.82, 2.24) is 9.88 Å². The van der Waals surface area contributed by atoms with Crippen molar-refractivity contribution in [3.63, 3.8) is 0 Å². The number of carbonyl (C=O) groups is 1. The summed E-state index contributed by atoms with van der Waals surface area (Å²) in [5.41, 5.74) is 0.420. The summed E-state index contributed by atoms with van der Waals surface area (Å²) in [4.78, 5) is 18.1. The number of aromatic nitrogens is 1. The first-order chi connectivity index (χ1) is 9.42. The van der Waals surface area contributed by atoms with Crippen LogP contribution in [0.2, 0.25) is 0 Å². The Kier molecular flexibility index (Phi) is 4.28. The zero-order valence-electron chi connectivity index (χ0n) is 12.2. The molecule has 0 aromatic carbocycles. The molecule has 20 heavy (non-hydrogen) atoms. The van der Waals surface area contributed by atoms with Crippen molar-refractivity contribution < 1.29 is 14.6 Å². The Labute approximate surface area is 119 Å². The third-order valence-corrected chi connectivity index (χ3v) is 3.41. The second kappa shape index (κ2) is 5.79. The summed E-state index contributed by atoms with van der Waals surface area (Å²) < 4.78 is 5.45. The minimum Gasteiger partial charge on any atom is -0.444 e. The number of hydrogen-bond donors (Lipinski definition) is 1. The molecule has 1 N–H and O–H groups in total. The molecule has 1 amide bonds. The Morgan fingerprint density at radius 3 is 2.85 bits per heavy atom. The summed E-state index contributed by atoms with van der Waals surface area (Å²) in [5, 5.41) is 9.53. The molecule has 1 aromatic heterocycles. The van der Waals surface area contributed by atoms with Crippen LogP contribution < -0.4 is 0 Å². The first kappa shape index (κ1) is 14.8. The molecule has 0 radical (unpaired) electrons. The van der Waals surface area contributed by atoms with Gasteiger partial charge in [0.2, 0.25) is 0 Å². The second-order valence-electron chi connectivity index (χ2n) is 6.14. The fraction of sp³-hybridized carbons (Fsp3) is 0.600. The first-order valence-electron chi connectivity index (χ1n) is 6.93. The summed E-state index contributed by atoms with van der Waals surface area (Å²) >= 11 is 0. The Hall–Kier alpha value is -1.62. The van der Waals surface area contributed by atoms with Gasteiger partial charge in [-0.1, -0.05) is 6.07 Å². The number of ether oxygens (including phenoxy) is 1. The molecule has 0 saturated carbocycles. The molecular weight excluding hydrogens is 256 g/mol. The van der Waals surface area contributed by atoms with Crippen molar-refractivity contribution in [3.8, 4) is 0 Å². The molecule has 1 aliphatic rings. The number of aliphatic hydroxyl groups is 1. The van der Waals surface area contributed by atoms with Crippen LogP contribution in [0, 0.1) is 5.92 Å². The van der Waals surface area contributed by atoms with Crippen LogP contribution in [0.3, 0.4) is 0 Å². The van der Waals surface area contributed by atoms with Crippen LogP contribution in [0.25, 0.3) is 0 Å². The van der Waals surface area contributed by atoms with E-state index in [2.05, 4.69) is 4.98 Å². The average molecular weight is 278 g/mol. The summed E-state index contributed by atoms with van der Waals surface area (Å²) in [5.74, 6) is 0.0340. The summed E-state index contributed by atoms with van der Waals surface area (Å²) in [6.07, 6.45) is 3.89. The van der Waals surface area contributed by atoms with Gasteiger partial charge in [0.05, 0.1) is 6.04 Å². The normalized spacial score (nSPS) is 22.9. The summed E-state index contributed by atoms with van der Waals surface area (Å²) in [6.45, 7) is 6.20. The number of amides is 1. The van der Waals surface area contributed by atoms with E-state index in [1.54, 1.807) is 17.3 Å². The van der Waals surface area contributed by atoms with Gasteiger partial charge in [-0.2, -0.15) is 0 Å². The van der Waals surface area contributed by atoms with Crippen LogP contribution in [-0.2, 0) is 4.74 Å². The lowest BCUT2D eigenvalue weighted by Crippen LogP contribution is -2.37. The average Bonchev–Trinajstić information content (AvgIpc) is 2.81. The molecule has 1 fully saturated rings. The van der Waals surface area contributed by atoms with Gasteiger partial charge in [0, 0.05) is 31.5 Å². The maximum absolute atomic E-state index is 12.3. The molecule has 5 heteroatoms. The van der Waals surface area contributed by atoms with Crippen LogP contribution in [0.1, 0.15) is 38.8 Å². The maximum atomic E-state index is 12.3. The number of carbonyl (C=O) groups excluding carboxylic acids is 1. The van der Waals surface area contributed by atoms with Gasteiger partial charge in [-0.15, -0.1) is 0 Å². The zero-order chi connectivity index (χ0) is 14.8. The van der Waals surface area contributed by atoms with E-state index >= 15 is 0 Å². The predicted octanol–water partition coefficient (Wildman–Crippen LogP) is 2.37. The van der Waals surface area contributed by atoms with E-state index in [-0.39, 0.29) is 24.7 Å². The molecule has 0 bridgehead atoms. The van der Waals surface area contributed by atoms with Crippen molar-refractivity contribution >= 4 is 6.09 Å². The van der Waals surface area contributed by atoms with Crippen LogP contribution in [0.4, 0.5) is 4.79 Å². The lowest BCUT2D eigenvalue weighted by molar-refractivity contribution is 0.0191. The van der Waals surface area contributed by atoms with Crippen molar-refractivity contribution in [3.05, 3.63) is 30.1 Å². The molecule has 2 heterocycles. The van der Waals surface area contributed by atoms with Crippen LogP contribution >= 0.6 is 0 Å². The Balaban J connectivity index is 2.22. The molecule has 1 saturated heterocycles. The highest BCUT2D eigenvalue weighted by Crippen LogP contribution is 2.37. The topological polar surface area (TPSA) is 62.7 Å². The van der Waals surface area contributed by atoms with E-state index in [0.29, 0.717) is 6.54 Å². The standard InChI is InChI=1S/C15H22N2O3/c1-15(2,3)20-14(19)17-8-6-12(10-18)13(17)11-5-4-7-16-9-11/h4-5,7,9,12-13,18H,6,8,10H2,1-3H3/t12-,13-/m1/s1. The number of hydrogen-bond acceptors (Lipinski definition) is 4. The van der Waals surface area contributed by atoms with Crippen molar-refractivity contribution in [2.45, 2.75) is 38.8 Å². The minimum absolute atomic E-state index is 0.0340. The minimum atomic E-state index is -0.520. The van der Waals surface area contributed by atoms with E-state index in [1.807, 2.05) is 32.9 Å². The van der Waals surface area contributed by atoms with Gasteiger partial charge in [0.1, 0.15) is 5.60 Å². The molecule has 1 aliphatic heterocycles. The molecular formula is C15H22N2O3. The Morgan fingerprint density at radius 2 is 2.30 bits per heavy atom. The van der Waals surface area contributed by atoms with Gasteiger partial charge in [-0.25, -0.2) is 4.79 Å². The Morgan fingerprint density at radius 1 is 1.55 bits per heavy atom. The van der Waals surface area contributed by atoms with Crippen molar-refractivity contribution in [2.75, 3.05) is 13.2 Å². The van der Waals surface area contributed by atoms with E-state index in [1.165, 1.54) is 0 Å². The van der Waals surface area contributed by atoms with Gasteiger partial charge >= 0.3 is 6.09 Å². The summed E-state index contributed by atoms with van der Waals surface area (Å²) in [7, 11) is 0. The number of aliphatic hydroxyl groups excluding tert-OH is 1. The molecule has 110 valence electrons. The number of rotatable bonds is 2. The maximum Gasteiger partial charge on any atom is 0.410 e. The van der Waals surface area contributed by atoms with Gasteiger partial charge in [-0.05, 0) is 38.8 Å². The fourth-order valence-corrected chi connectivity index (χ4v) is 2.58. The highest BCUT2D eigenvalue weighted by Gasteiger charge is 2.39. The second-order valence-corrected chi connectivity index (χ2v) is 6.14. The highest BCUT2D eigenvalue weighted by atomic mass is 16.6. The zero-order valence-corrected chi connectivity index (χ0v) is 12.2. The first-order valence-corrected chi connectivity index (χ1v) is 6.93. The number of likely N-dealkylation sites (tertiary alicyclic amines) is 1. The molecule has 1 aromatic rings. The number of pyridine rings is 1. The van der Waals surface area contributed by atoms with Crippen LogP contribution in [0.5, 0.6) is 0 Å². The van der Waals surface area contributed by atoms with E-state index in [9.17, 15) is 9.90 Å². The van der Waals surface area contributed by atoms with Crippen molar-refractivity contribution in [2.24, 2.45) is 5.92 Å². The third-order valence-electron chi connectivity index (χ3n) is 3.41. The lowest BCUT2D eigenvalue weighted by Gasteiger charge is -2.30. The SMILES string of the molecule is CC(C)(C)OC(=O)N1CC[C@H](CO)[C@H]1c1cccnc1. The monoisotopic (exact) mass is 278 g/mol. The van der Waals surface area contributed by atoms with Crippen molar-refractivity contribution in [1.29, 1.82) is 0 Å². The lowest BCUT2D eigenvalue weighted by atomic mass is 9.96. The smallest absolute Gasteiger partial charge is 0.410 e. The summed E-state index contributed by atoms with van der Waals surface area (Å²) in [6, 6.07) is 3.61. The van der Waals surface area contributed by atoms with Gasteiger partial charge < -0.3 is 14.7 Å². The molecule has 2 atom stereocenters.